The normalized spacial score (nSPS) is 13.1. The van der Waals surface area contributed by atoms with Gasteiger partial charge in [0.15, 0.2) is 29.6 Å². The molecular weight excluding hydrogens is 535 g/mol. The second-order valence-electron chi connectivity index (χ2n) is 7.68. The number of ether oxygens (including phenoxy) is 6. The molecule has 0 fully saturated rings. The van der Waals surface area contributed by atoms with Crippen molar-refractivity contribution >= 4 is 17.8 Å². The smallest absolute Gasteiger partial charge is 0.349 e. The largest absolute Gasteiger partial charge is 0.493 e. The standard InChI is InChI=1S/C26H17F5O8/c1-34-14-7-4-11(24(35-2)25(14)36-3)8-16-23(33)13-6-5-12(9-15(13)39-16)38-17(32)10-37-26-21(30)19(28)18(27)20(29)22(26)31/h4-9H,10H2,1-3H3/b16-8-. The van der Waals surface area contributed by atoms with E-state index in [0.717, 1.165) is 0 Å². The van der Waals surface area contributed by atoms with Gasteiger partial charge in [0, 0.05) is 11.6 Å². The van der Waals surface area contributed by atoms with Crippen molar-refractivity contribution in [2.75, 3.05) is 27.9 Å². The molecule has 0 amide bonds. The van der Waals surface area contributed by atoms with Crippen molar-refractivity contribution < 1.29 is 60.0 Å². The highest BCUT2D eigenvalue weighted by atomic mass is 19.2. The molecular formula is C26H17F5O8. The molecule has 0 aromatic heterocycles. The van der Waals surface area contributed by atoms with Gasteiger partial charge in [-0.2, -0.15) is 8.78 Å². The molecule has 0 saturated heterocycles. The summed E-state index contributed by atoms with van der Waals surface area (Å²) in [6.07, 6.45) is 1.41. The maximum absolute atomic E-state index is 13.7. The van der Waals surface area contributed by atoms with E-state index in [9.17, 15) is 31.5 Å². The van der Waals surface area contributed by atoms with E-state index in [1.54, 1.807) is 12.1 Å². The molecule has 0 radical (unpaired) electrons. The quantitative estimate of drug-likeness (QED) is 0.0963. The van der Waals surface area contributed by atoms with Gasteiger partial charge in [-0.05, 0) is 30.3 Å². The second kappa shape index (κ2) is 10.9. The van der Waals surface area contributed by atoms with Gasteiger partial charge in [0.25, 0.3) is 0 Å². The van der Waals surface area contributed by atoms with Crippen LogP contribution in [0.5, 0.6) is 34.5 Å². The van der Waals surface area contributed by atoms with Crippen LogP contribution in [-0.2, 0) is 4.79 Å². The van der Waals surface area contributed by atoms with Crippen LogP contribution in [0.2, 0.25) is 0 Å². The lowest BCUT2D eigenvalue weighted by molar-refractivity contribution is -0.136. The molecule has 3 aromatic carbocycles. The van der Waals surface area contributed by atoms with Crippen molar-refractivity contribution in [3.63, 3.8) is 0 Å². The maximum Gasteiger partial charge on any atom is 0.349 e. The van der Waals surface area contributed by atoms with Crippen molar-refractivity contribution in [2.24, 2.45) is 0 Å². The molecule has 0 bridgehead atoms. The highest BCUT2D eigenvalue weighted by Crippen LogP contribution is 2.42. The van der Waals surface area contributed by atoms with E-state index in [0.29, 0.717) is 17.1 Å². The summed E-state index contributed by atoms with van der Waals surface area (Å²) in [5, 5.41) is 0. The van der Waals surface area contributed by atoms with Gasteiger partial charge in [0.1, 0.15) is 11.5 Å². The Bertz CT molecular complexity index is 1490. The monoisotopic (exact) mass is 552 g/mol. The van der Waals surface area contributed by atoms with Crippen LogP contribution in [0.25, 0.3) is 6.08 Å². The van der Waals surface area contributed by atoms with E-state index in [-0.39, 0.29) is 28.6 Å². The first-order chi connectivity index (χ1) is 18.6. The first kappa shape index (κ1) is 27.2. The zero-order valence-corrected chi connectivity index (χ0v) is 20.3. The maximum atomic E-state index is 13.7. The molecule has 4 rings (SSSR count). The molecule has 204 valence electrons. The third kappa shape index (κ3) is 5.02. The zero-order valence-electron chi connectivity index (χ0n) is 20.3. The number of esters is 1. The summed E-state index contributed by atoms with van der Waals surface area (Å²) in [4.78, 5) is 24.9. The van der Waals surface area contributed by atoms with Gasteiger partial charge in [0.05, 0.1) is 26.9 Å². The van der Waals surface area contributed by atoms with E-state index < -0.39 is 53.2 Å². The number of Topliss-reactive ketones (excluding diaryl/α,β-unsaturated/α-hetero) is 1. The molecule has 0 N–H and O–H groups in total. The highest BCUT2D eigenvalue weighted by Gasteiger charge is 2.30. The fourth-order valence-corrected chi connectivity index (χ4v) is 3.61. The number of allylic oxidation sites excluding steroid dienone is 1. The third-order valence-electron chi connectivity index (χ3n) is 5.40. The van der Waals surface area contributed by atoms with Gasteiger partial charge < -0.3 is 28.4 Å². The number of hydrogen-bond donors (Lipinski definition) is 0. The Balaban J connectivity index is 1.50. The van der Waals surface area contributed by atoms with E-state index in [1.165, 1.54) is 45.6 Å². The van der Waals surface area contributed by atoms with Crippen LogP contribution >= 0.6 is 0 Å². The Hall–Kier alpha value is -4.81. The van der Waals surface area contributed by atoms with Crippen LogP contribution in [0.4, 0.5) is 22.0 Å². The van der Waals surface area contributed by atoms with Gasteiger partial charge in [-0.3, -0.25) is 4.79 Å². The fraction of sp³-hybridized carbons (Fsp3) is 0.154. The van der Waals surface area contributed by atoms with Gasteiger partial charge in [-0.1, -0.05) is 0 Å². The lowest BCUT2D eigenvalue weighted by Crippen LogP contribution is -2.19. The molecule has 39 heavy (non-hydrogen) atoms. The average molecular weight is 552 g/mol. The molecule has 1 heterocycles. The number of carbonyl (C=O) groups excluding carboxylic acids is 2. The Labute approximate surface area is 217 Å². The SMILES string of the molecule is COc1ccc(/C=C2\Oc3cc(OC(=O)COc4c(F)c(F)c(F)c(F)c4F)ccc3C2=O)c(OC)c1OC. The second-order valence-corrected chi connectivity index (χ2v) is 7.68. The summed E-state index contributed by atoms with van der Waals surface area (Å²) in [6.45, 7) is -1.19. The molecule has 1 aliphatic rings. The van der Waals surface area contributed by atoms with Crippen LogP contribution in [0.15, 0.2) is 36.1 Å². The van der Waals surface area contributed by atoms with Crippen molar-refractivity contribution in [3.8, 4) is 34.5 Å². The molecule has 0 saturated carbocycles. The summed E-state index contributed by atoms with van der Waals surface area (Å²) in [5.74, 6) is -13.9. The summed E-state index contributed by atoms with van der Waals surface area (Å²) < 4.78 is 98.2. The molecule has 13 heteroatoms. The number of halogens is 5. The summed E-state index contributed by atoms with van der Waals surface area (Å²) >= 11 is 0. The van der Waals surface area contributed by atoms with Crippen molar-refractivity contribution in [1.29, 1.82) is 0 Å². The summed E-state index contributed by atoms with van der Waals surface area (Å²) in [5.41, 5.74) is 0.571. The first-order valence-corrected chi connectivity index (χ1v) is 10.8. The molecule has 0 atom stereocenters. The highest BCUT2D eigenvalue weighted by molar-refractivity contribution is 6.14. The van der Waals surface area contributed by atoms with Crippen LogP contribution in [0.3, 0.4) is 0 Å². The summed E-state index contributed by atoms with van der Waals surface area (Å²) in [6, 6.07) is 6.95. The molecule has 0 unspecified atom stereocenters. The fourth-order valence-electron chi connectivity index (χ4n) is 3.61. The molecule has 0 spiro atoms. The number of ketones is 1. The Morgan fingerprint density at radius 1 is 0.821 bits per heavy atom. The van der Waals surface area contributed by atoms with E-state index in [4.69, 9.17) is 23.7 Å². The number of carbonyl (C=O) groups is 2. The number of methoxy groups -OCH3 is 3. The topological polar surface area (TPSA) is 89.5 Å². The average Bonchev–Trinajstić information content (AvgIpc) is 3.24. The van der Waals surface area contributed by atoms with Crippen LogP contribution in [0, 0.1) is 29.1 Å². The lowest BCUT2D eigenvalue weighted by Gasteiger charge is -2.14. The first-order valence-electron chi connectivity index (χ1n) is 10.8. The number of rotatable bonds is 8. The van der Waals surface area contributed by atoms with Crippen molar-refractivity contribution in [1.82, 2.24) is 0 Å². The number of benzene rings is 3. The molecule has 8 nitrogen and oxygen atoms in total. The van der Waals surface area contributed by atoms with Crippen LogP contribution in [0.1, 0.15) is 15.9 Å². The van der Waals surface area contributed by atoms with Crippen molar-refractivity contribution in [3.05, 3.63) is 76.3 Å². The van der Waals surface area contributed by atoms with Crippen LogP contribution in [-0.4, -0.2) is 39.7 Å². The number of fused-ring (bicyclic) bond motifs is 1. The zero-order chi connectivity index (χ0) is 28.4. The van der Waals surface area contributed by atoms with Gasteiger partial charge >= 0.3 is 5.97 Å². The molecule has 0 aliphatic carbocycles. The van der Waals surface area contributed by atoms with E-state index in [2.05, 4.69) is 4.74 Å². The molecule has 1 aliphatic heterocycles. The van der Waals surface area contributed by atoms with Crippen molar-refractivity contribution in [2.45, 2.75) is 0 Å². The Morgan fingerprint density at radius 3 is 2.08 bits per heavy atom. The lowest BCUT2D eigenvalue weighted by atomic mass is 10.1. The predicted molar refractivity (Wildman–Crippen MR) is 123 cm³/mol. The minimum Gasteiger partial charge on any atom is -0.493 e. The summed E-state index contributed by atoms with van der Waals surface area (Å²) in [7, 11) is 4.27. The van der Waals surface area contributed by atoms with E-state index >= 15 is 0 Å². The van der Waals surface area contributed by atoms with E-state index in [1.807, 2.05) is 0 Å². The Kier molecular flexibility index (Phi) is 7.61. The predicted octanol–water partition coefficient (Wildman–Crippen LogP) is 5.01. The van der Waals surface area contributed by atoms with Crippen LogP contribution < -0.4 is 28.4 Å². The van der Waals surface area contributed by atoms with Gasteiger partial charge in [0.2, 0.25) is 40.6 Å². The number of hydrogen-bond acceptors (Lipinski definition) is 8. The molecule has 3 aromatic rings. The third-order valence-corrected chi connectivity index (χ3v) is 5.40. The minimum absolute atomic E-state index is 0.0247. The minimum atomic E-state index is -2.37. The van der Waals surface area contributed by atoms with Gasteiger partial charge in [-0.15, -0.1) is 0 Å². The van der Waals surface area contributed by atoms with Gasteiger partial charge in [-0.25, -0.2) is 18.0 Å². The Morgan fingerprint density at radius 2 is 1.46 bits per heavy atom.